The Kier molecular flexibility index (Phi) is 6.07. The van der Waals surface area contributed by atoms with Crippen molar-refractivity contribution in [2.45, 2.75) is 38.6 Å². The molecule has 0 aromatic heterocycles. The number of fused-ring (bicyclic) bond motifs is 1. The van der Waals surface area contributed by atoms with E-state index in [-0.39, 0.29) is 24.0 Å². The average molecular weight is 401 g/mol. The van der Waals surface area contributed by atoms with Crippen molar-refractivity contribution >= 4 is 11.9 Å². The van der Waals surface area contributed by atoms with Crippen LogP contribution in [0.15, 0.2) is 47.2 Å². The lowest BCUT2D eigenvalue weighted by Gasteiger charge is -2.45. The third-order valence-electron chi connectivity index (χ3n) is 5.60. The topological polar surface area (TPSA) is 77.2 Å². The van der Waals surface area contributed by atoms with E-state index in [1.165, 1.54) is 11.0 Å². The van der Waals surface area contributed by atoms with E-state index in [4.69, 9.17) is 15.2 Å². The fraction of sp³-hybridized carbons (Fsp3) is 0.455. The molecule has 1 fully saturated rings. The Morgan fingerprint density at radius 3 is 3.00 bits per heavy atom. The molecule has 2 N–H and O–H groups in total. The molecule has 2 aliphatic rings. The summed E-state index contributed by atoms with van der Waals surface area (Å²) in [6.45, 7) is 8.38. The second-order valence-corrected chi connectivity index (χ2v) is 7.53. The molecule has 3 rings (SSSR count). The number of ether oxygens (including phenoxy) is 2. The van der Waals surface area contributed by atoms with Crippen LogP contribution in [-0.2, 0) is 15.1 Å². The minimum absolute atomic E-state index is 0.0490. The maximum atomic E-state index is 15.0. The summed E-state index contributed by atoms with van der Waals surface area (Å²) >= 11 is 0. The van der Waals surface area contributed by atoms with Gasteiger partial charge in [-0.1, -0.05) is 19.9 Å². The number of nitrogens with two attached hydrogens (primary N) is 1. The predicted octanol–water partition coefficient (Wildman–Crippen LogP) is 3.48. The molecular formula is C22H28FN3O3. The number of amides is 1. The largest absolute Gasteiger partial charge is 0.457 e. The van der Waals surface area contributed by atoms with Gasteiger partial charge in [-0.25, -0.2) is 9.38 Å². The van der Waals surface area contributed by atoms with Gasteiger partial charge in [-0.05, 0) is 49.6 Å². The van der Waals surface area contributed by atoms with E-state index in [2.05, 4.69) is 18.5 Å². The average Bonchev–Trinajstić information content (AvgIpc) is 2.71. The van der Waals surface area contributed by atoms with Gasteiger partial charge in [0.15, 0.2) is 5.96 Å². The van der Waals surface area contributed by atoms with Gasteiger partial charge in [0.1, 0.15) is 22.9 Å². The molecular weight excluding hydrogens is 373 g/mol. The molecule has 29 heavy (non-hydrogen) atoms. The van der Waals surface area contributed by atoms with Crippen molar-refractivity contribution in [1.29, 1.82) is 0 Å². The number of hydrogen-bond donors (Lipinski definition) is 1. The summed E-state index contributed by atoms with van der Waals surface area (Å²) in [6.07, 6.45) is 3.94. The molecule has 0 aliphatic carbocycles. The van der Waals surface area contributed by atoms with Crippen LogP contribution in [0.4, 0.5) is 4.39 Å². The van der Waals surface area contributed by atoms with Crippen molar-refractivity contribution in [1.82, 2.24) is 4.90 Å². The minimum atomic E-state index is -1.20. The molecule has 2 aliphatic heterocycles. The van der Waals surface area contributed by atoms with Crippen molar-refractivity contribution in [3.63, 3.8) is 0 Å². The number of rotatable bonds is 6. The standard InChI is InChI=1S/C22H28FN3O3/c1-5-7-14(3)19(6-2)29-15-8-9-18(23)17(12-15)22-13-28-11-10-16(22)20(27)26(4)21(24)25-22/h6,8-9,12,16H,2,5,7,10-11,13H2,1,3-4H3,(H2,24,25)/b19-14+. The maximum absolute atomic E-state index is 15.0. The highest BCUT2D eigenvalue weighted by Crippen LogP contribution is 2.44. The smallest absolute Gasteiger partial charge is 0.235 e. The van der Waals surface area contributed by atoms with Crippen LogP contribution in [0.2, 0.25) is 0 Å². The van der Waals surface area contributed by atoms with Gasteiger partial charge < -0.3 is 15.2 Å². The second-order valence-electron chi connectivity index (χ2n) is 7.53. The molecule has 1 saturated heterocycles. The molecule has 1 aromatic rings. The van der Waals surface area contributed by atoms with Crippen LogP contribution in [0.5, 0.6) is 5.75 Å². The molecule has 0 bridgehead atoms. The van der Waals surface area contributed by atoms with Gasteiger partial charge in [-0.3, -0.25) is 9.69 Å². The fourth-order valence-corrected chi connectivity index (χ4v) is 3.99. The third kappa shape index (κ3) is 3.79. The monoisotopic (exact) mass is 401 g/mol. The molecule has 1 aromatic carbocycles. The predicted molar refractivity (Wildman–Crippen MR) is 110 cm³/mol. The molecule has 0 saturated carbocycles. The molecule has 1 amide bonds. The molecule has 0 radical (unpaired) electrons. The quantitative estimate of drug-likeness (QED) is 0.585. The van der Waals surface area contributed by atoms with Crippen LogP contribution in [-0.4, -0.2) is 37.0 Å². The van der Waals surface area contributed by atoms with Crippen molar-refractivity contribution in [3.05, 3.63) is 53.6 Å². The van der Waals surface area contributed by atoms with E-state index in [1.807, 2.05) is 6.92 Å². The number of guanidine groups is 1. The summed E-state index contributed by atoms with van der Waals surface area (Å²) in [6, 6.07) is 4.48. The zero-order chi connectivity index (χ0) is 21.2. The summed E-state index contributed by atoms with van der Waals surface area (Å²) in [5.74, 6) is -0.0675. The summed E-state index contributed by atoms with van der Waals surface area (Å²) in [5.41, 5.74) is 6.09. The third-order valence-corrected chi connectivity index (χ3v) is 5.60. The van der Waals surface area contributed by atoms with Crippen molar-refractivity contribution in [3.8, 4) is 5.75 Å². The Bertz CT molecular complexity index is 880. The van der Waals surface area contributed by atoms with E-state index in [9.17, 15) is 9.18 Å². The van der Waals surface area contributed by atoms with E-state index < -0.39 is 17.3 Å². The van der Waals surface area contributed by atoms with Gasteiger partial charge in [0.2, 0.25) is 5.91 Å². The Morgan fingerprint density at radius 1 is 1.55 bits per heavy atom. The first-order valence-corrected chi connectivity index (χ1v) is 9.84. The zero-order valence-corrected chi connectivity index (χ0v) is 17.2. The molecule has 156 valence electrons. The van der Waals surface area contributed by atoms with Crippen LogP contribution >= 0.6 is 0 Å². The van der Waals surface area contributed by atoms with Crippen LogP contribution in [0.3, 0.4) is 0 Å². The van der Waals surface area contributed by atoms with Gasteiger partial charge in [-0.15, -0.1) is 0 Å². The molecule has 2 atom stereocenters. The SMILES string of the molecule is C=C/C(Oc1ccc(F)c(C23COCCC2C(=O)N(C)C(N)=N3)c1)=C(/C)CCC. The van der Waals surface area contributed by atoms with E-state index in [0.717, 1.165) is 18.4 Å². The summed E-state index contributed by atoms with van der Waals surface area (Å²) in [5, 5.41) is 0. The van der Waals surface area contributed by atoms with Gasteiger partial charge in [0.05, 0.1) is 12.5 Å². The van der Waals surface area contributed by atoms with Gasteiger partial charge >= 0.3 is 0 Å². The first-order valence-electron chi connectivity index (χ1n) is 9.84. The number of nitrogens with zero attached hydrogens (tertiary/aromatic N) is 2. The molecule has 2 heterocycles. The first kappa shape index (κ1) is 21.0. The second kappa shape index (κ2) is 8.37. The number of carbonyl (C=O) groups is 1. The van der Waals surface area contributed by atoms with Gasteiger partial charge in [-0.2, -0.15) is 0 Å². The van der Waals surface area contributed by atoms with Crippen LogP contribution in [0.1, 0.15) is 38.7 Å². The molecule has 0 spiro atoms. The molecule has 2 unspecified atom stereocenters. The number of halogens is 1. The lowest BCUT2D eigenvalue weighted by molar-refractivity contribution is -0.140. The van der Waals surface area contributed by atoms with Gasteiger partial charge in [0, 0.05) is 19.2 Å². The van der Waals surface area contributed by atoms with Crippen LogP contribution in [0, 0.1) is 11.7 Å². The zero-order valence-electron chi connectivity index (χ0n) is 17.2. The Balaban J connectivity index is 2.08. The Hall–Kier alpha value is -2.67. The number of aliphatic imine (C=N–C) groups is 1. The van der Waals surface area contributed by atoms with E-state index in [1.54, 1.807) is 25.3 Å². The normalized spacial score (nSPS) is 25.1. The van der Waals surface area contributed by atoms with Crippen molar-refractivity contribution in [2.75, 3.05) is 20.3 Å². The number of allylic oxidation sites excluding steroid dienone is 2. The van der Waals surface area contributed by atoms with E-state index >= 15 is 0 Å². The Labute approximate surface area is 170 Å². The van der Waals surface area contributed by atoms with Crippen molar-refractivity contribution < 1.29 is 18.7 Å². The highest BCUT2D eigenvalue weighted by atomic mass is 19.1. The molecule has 6 nitrogen and oxygen atoms in total. The number of carbonyl (C=O) groups excluding carboxylic acids is 1. The fourth-order valence-electron chi connectivity index (χ4n) is 3.99. The highest BCUT2D eigenvalue weighted by Gasteiger charge is 2.52. The van der Waals surface area contributed by atoms with Crippen LogP contribution in [0.25, 0.3) is 0 Å². The maximum Gasteiger partial charge on any atom is 0.235 e. The summed E-state index contributed by atoms with van der Waals surface area (Å²) in [4.78, 5) is 18.7. The summed E-state index contributed by atoms with van der Waals surface area (Å²) in [7, 11) is 1.58. The van der Waals surface area contributed by atoms with Crippen molar-refractivity contribution in [2.24, 2.45) is 16.6 Å². The summed E-state index contributed by atoms with van der Waals surface area (Å²) < 4.78 is 26.6. The highest BCUT2D eigenvalue weighted by molar-refractivity contribution is 6.00. The Morgan fingerprint density at radius 2 is 2.31 bits per heavy atom. The minimum Gasteiger partial charge on any atom is -0.457 e. The number of benzene rings is 1. The van der Waals surface area contributed by atoms with Gasteiger partial charge in [0.25, 0.3) is 0 Å². The number of hydrogen-bond acceptors (Lipinski definition) is 5. The molecule has 7 heteroatoms. The lowest BCUT2D eigenvalue weighted by Crippen LogP contribution is -2.58. The first-order chi connectivity index (χ1) is 13.8. The van der Waals surface area contributed by atoms with E-state index in [0.29, 0.717) is 24.5 Å². The lowest BCUT2D eigenvalue weighted by atomic mass is 9.74. The van der Waals surface area contributed by atoms with Crippen LogP contribution < -0.4 is 10.5 Å².